The highest BCUT2D eigenvalue weighted by molar-refractivity contribution is 6.04. The Labute approximate surface area is 101 Å². The van der Waals surface area contributed by atoms with Crippen LogP contribution in [0.2, 0.25) is 0 Å². The number of nitrogens with zero attached hydrogens (tertiary/aromatic N) is 1. The smallest absolute Gasteiger partial charge is 0.120 e. The molecule has 1 aromatic rings. The average molecular weight is 235 g/mol. The van der Waals surface area contributed by atoms with Crippen LogP contribution >= 0.6 is 0 Å². The van der Waals surface area contributed by atoms with Crippen LogP contribution in [0.3, 0.4) is 0 Å². The highest BCUT2D eigenvalue weighted by Crippen LogP contribution is 2.27. The Morgan fingerprint density at radius 1 is 1.41 bits per heavy atom. The molecule has 1 atom stereocenters. The molecule has 0 bridgehead atoms. The van der Waals surface area contributed by atoms with Crippen LogP contribution in [-0.4, -0.2) is 30.7 Å². The van der Waals surface area contributed by atoms with Crippen molar-refractivity contribution in [1.29, 1.82) is 0 Å². The Morgan fingerprint density at radius 3 is 2.94 bits per heavy atom. The first-order chi connectivity index (χ1) is 8.24. The SMILES string of the molecule is COCC(C)Oc1ccc2c(c1)CC/C2=N\O. The summed E-state index contributed by atoms with van der Waals surface area (Å²) in [6, 6.07) is 5.87. The van der Waals surface area contributed by atoms with Crippen LogP contribution in [0, 0.1) is 0 Å². The van der Waals surface area contributed by atoms with Gasteiger partial charge in [0.15, 0.2) is 0 Å². The monoisotopic (exact) mass is 235 g/mol. The number of oxime groups is 1. The Balaban J connectivity index is 2.13. The first-order valence-electron chi connectivity index (χ1n) is 5.74. The van der Waals surface area contributed by atoms with E-state index in [1.165, 1.54) is 5.56 Å². The lowest BCUT2D eigenvalue weighted by atomic mass is 10.1. The summed E-state index contributed by atoms with van der Waals surface area (Å²) in [5, 5.41) is 12.1. The van der Waals surface area contributed by atoms with E-state index in [9.17, 15) is 0 Å². The number of methoxy groups -OCH3 is 1. The zero-order valence-corrected chi connectivity index (χ0v) is 10.1. The predicted molar refractivity (Wildman–Crippen MR) is 65.1 cm³/mol. The van der Waals surface area contributed by atoms with Crippen LogP contribution in [0.25, 0.3) is 0 Å². The van der Waals surface area contributed by atoms with E-state index in [0.717, 1.165) is 29.9 Å². The molecule has 0 saturated heterocycles. The summed E-state index contributed by atoms with van der Waals surface area (Å²) in [6.45, 7) is 2.54. The Kier molecular flexibility index (Phi) is 3.64. The van der Waals surface area contributed by atoms with E-state index in [2.05, 4.69) is 5.16 Å². The number of fused-ring (bicyclic) bond motifs is 1. The normalized spacial score (nSPS) is 18.1. The molecule has 1 aliphatic carbocycles. The molecule has 0 heterocycles. The van der Waals surface area contributed by atoms with Crippen molar-refractivity contribution < 1.29 is 14.7 Å². The molecule has 1 aromatic carbocycles. The van der Waals surface area contributed by atoms with Gasteiger partial charge >= 0.3 is 0 Å². The van der Waals surface area contributed by atoms with Crippen molar-refractivity contribution in [3.8, 4) is 5.75 Å². The van der Waals surface area contributed by atoms with E-state index in [0.29, 0.717) is 6.61 Å². The molecule has 0 fully saturated rings. The Morgan fingerprint density at radius 2 is 2.24 bits per heavy atom. The minimum absolute atomic E-state index is 0.0328. The van der Waals surface area contributed by atoms with Gasteiger partial charge in [0.2, 0.25) is 0 Å². The quantitative estimate of drug-likeness (QED) is 0.643. The lowest BCUT2D eigenvalue weighted by Crippen LogP contribution is -2.18. The molecule has 1 unspecified atom stereocenters. The Bertz CT molecular complexity index is 429. The summed E-state index contributed by atoms with van der Waals surface area (Å²) >= 11 is 0. The highest BCUT2D eigenvalue weighted by Gasteiger charge is 2.19. The summed E-state index contributed by atoms with van der Waals surface area (Å²) < 4.78 is 10.7. The topological polar surface area (TPSA) is 51.0 Å². The fraction of sp³-hybridized carbons (Fsp3) is 0.462. The summed E-state index contributed by atoms with van der Waals surface area (Å²) in [4.78, 5) is 0. The standard InChI is InChI=1S/C13H17NO3/c1-9(8-16-2)17-11-4-5-12-10(7-11)3-6-13(12)14-15/h4-5,7,9,15H,3,6,8H2,1-2H3/b14-13+. The zero-order chi connectivity index (χ0) is 12.3. The van der Waals surface area contributed by atoms with Crippen LogP contribution < -0.4 is 4.74 Å². The zero-order valence-electron chi connectivity index (χ0n) is 10.1. The van der Waals surface area contributed by atoms with Gasteiger partial charge in [0.1, 0.15) is 11.9 Å². The van der Waals surface area contributed by atoms with E-state index in [4.69, 9.17) is 14.7 Å². The van der Waals surface area contributed by atoms with Gasteiger partial charge in [-0.2, -0.15) is 0 Å². The number of aryl methyl sites for hydroxylation is 1. The predicted octanol–water partition coefficient (Wildman–Crippen LogP) is 2.22. The minimum Gasteiger partial charge on any atom is -0.488 e. The molecule has 1 aliphatic rings. The number of rotatable bonds is 4. The highest BCUT2D eigenvalue weighted by atomic mass is 16.5. The third-order valence-electron chi connectivity index (χ3n) is 2.88. The number of benzene rings is 1. The van der Waals surface area contributed by atoms with E-state index in [1.807, 2.05) is 25.1 Å². The maximum absolute atomic E-state index is 8.84. The molecule has 4 heteroatoms. The van der Waals surface area contributed by atoms with Crippen LogP contribution in [-0.2, 0) is 11.2 Å². The largest absolute Gasteiger partial charge is 0.488 e. The average Bonchev–Trinajstić information content (AvgIpc) is 2.71. The van der Waals surface area contributed by atoms with Crippen molar-refractivity contribution in [2.24, 2.45) is 5.16 Å². The summed E-state index contributed by atoms with van der Waals surface area (Å²) in [6.07, 6.45) is 1.73. The third-order valence-corrected chi connectivity index (χ3v) is 2.88. The van der Waals surface area contributed by atoms with Crippen molar-refractivity contribution in [3.63, 3.8) is 0 Å². The van der Waals surface area contributed by atoms with Gasteiger partial charge in [-0.1, -0.05) is 5.16 Å². The van der Waals surface area contributed by atoms with E-state index >= 15 is 0 Å². The van der Waals surface area contributed by atoms with Crippen LogP contribution in [0.15, 0.2) is 23.4 Å². The van der Waals surface area contributed by atoms with Gasteiger partial charge in [0, 0.05) is 12.7 Å². The molecule has 0 aliphatic heterocycles. The second-order valence-electron chi connectivity index (χ2n) is 4.25. The molecule has 0 radical (unpaired) electrons. The lowest BCUT2D eigenvalue weighted by molar-refractivity contribution is 0.0920. The fourth-order valence-corrected chi connectivity index (χ4v) is 2.12. The maximum Gasteiger partial charge on any atom is 0.120 e. The molecule has 0 saturated carbocycles. The molecule has 0 amide bonds. The minimum atomic E-state index is 0.0328. The van der Waals surface area contributed by atoms with Crippen LogP contribution in [0.5, 0.6) is 5.75 Å². The molecular weight excluding hydrogens is 218 g/mol. The van der Waals surface area contributed by atoms with Crippen molar-refractivity contribution in [3.05, 3.63) is 29.3 Å². The second-order valence-corrected chi connectivity index (χ2v) is 4.25. The van der Waals surface area contributed by atoms with E-state index in [-0.39, 0.29) is 6.10 Å². The van der Waals surface area contributed by atoms with Gasteiger partial charge in [0.25, 0.3) is 0 Å². The molecule has 2 rings (SSSR count). The van der Waals surface area contributed by atoms with Crippen molar-refractivity contribution >= 4 is 5.71 Å². The van der Waals surface area contributed by atoms with Gasteiger partial charge in [0.05, 0.1) is 12.3 Å². The van der Waals surface area contributed by atoms with Crippen molar-refractivity contribution in [2.75, 3.05) is 13.7 Å². The molecule has 4 nitrogen and oxygen atoms in total. The summed E-state index contributed by atoms with van der Waals surface area (Å²) in [5.74, 6) is 0.840. The van der Waals surface area contributed by atoms with E-state index in [1.54, 1.807) is 7.11 Å². The van der Waals surface area contributed by atoms with Gasteiger partial charge in [-0.3, -0.25) is 0 Å². The van der Waals surface area contributed by atoms with Gasteiger partial charge in [-0.15, -0.1) is 0 Å². The summed E-state index contributed by atoms with van der Waals surface area (Å²) in [7, 11) is 1.66. The van der Waals surface area contributed by atoms with Crippen LogP contribution in [0.1, 0.15) is 24.5 Å². The first-order valence-corrected chi connectivity index (χ1v) is 5.74. The third kappa shape index (κ3) is 2.58. The molecule has 17 heavy (non-hydrogen) atoms. The fourth-order valence-electron chi connectivity index (χ4n) is 2.12. The number of hydrogen-bond donors (Lipinski definition) is 1. The molecule has 92 valence electrons. The molecule has 1 N–H and O–H groups in total. The van der Waals surface area contributed by atoms with Gasteiger partial charge < -0.3 is 14.7 Å². The van der Waals surface area contributed by atoms with Crippen molar-refractivity contribution in [1.82, 2.24) is 0 Å². The molecule has 0 aromatic heterocycles. The summed E-state index contributed by atoms with van der Waals surface area (Å²) in [5.41, 5.74) is 2.97. The number of ether oxygens (including phenoxy) is 2. The maximum atomic E-state index is 8.84. The van der Waals surface area contributed by atoms with Crippen LogP contribution in [0.4, 0.5) is 0 Å². The van der Waals surface area contributed by atoms with Gasteiger partial charge in [-0.05, 0) is 43.5 Å². The second kappa shape index (κ2) is 5.19. The van der Waals surface area contributed by atoms with E-state index < -0.39 is 0 Å². The molecular formula is C13H17NO3. The lowest BCUT2D eigenvalue weighted by Gasteiger charge is -2.14. The van der Waals surface area contributed by atoms with Crippen molar-refractivity contribution in [2.45, 2.75) is 25.9 Å². The Hall–Kier alpha value is -1.55. The molecule has 0 spiro atoms. The van der Waals surface area contributed by atoms with Gasteiger partial charge in [-0.25, -0.2) is 0 Å². The first kappa shape index (κ1) is 11.9. The number of hydrogen-bond acceptors (Lipinski definition) is 4.